The Kier molecular flexibility index (Phi) is 6.70. The zero-order valence-corrected chi connectivity index (χ0v) is 15.7. The number of ether oxygens (including phenoxy) is 1. The molecule has 0 radical (unpaired) electrons. The van der Waals surface area contributed by atoms with Gasteiger partial charge in [0.1, 0.15) is 0 Å². The molecule has 1 aliphatic rings. The van der Waals surface area contributed by atoms with Crippen molar-refractivity contribution in [1.29, 1.82) is 0 Å². The standard InChI is InChI=1S/C18H24N6OS/c1-15(16-2-4-17(5-3-16)24-9-6-19-14-24)21-22-18(26)20-7-8-23-10-12-25-13-11-23/h2-6,9,14H,7-8,10-13H2,1H3,(H2,20,22,26)/b21-15+. The fourth-order valence-electron chi connectivity index (χ4n) is 2.68. The van der Waals surface area contributed by atoms with Crippen molar-refractivity contribution in [3.8, 4) is 5.69 Å². The van der Waals surface area contributed by atoms with Crippen LogP contribution in [0.4, 0.5) is 0 Å². The summed E-state index contributed by atoms with van der Waals surface area (Å²) in [5.41, 5.74) is 5.89. The lowest BCUT2D eigenvalue weighted by atomic mass is 10.1. The molecule has 2 N–H and O–H groups in total. The van der Waals surface area contributed by atoms with E-state index in [0.717, 1.165) is 56.4 Å². The van der Waals surface area contributed by atoms with Crippen LogP contribution in [0.5, 0.6) is 0 Å². The van der Waals surface area contributed by atoms with Gasteiger partial charge in [-0.15, -0.1) is 0 Å². The first-order valence-electron chi connectivity index (χ1n) is 8.69. The van der Waals surface area contributed by atoms with Crippen molar-refractivity contribution in [1.82, 2.24) is 25.2 Å². The second-order valence-corrected chi connectivity index (χ2v) is 6.44. The van der Waals surface area contributed by atoms with Crippen molar-refractivity contribution >= 4 is 23.0 Å². The van der Waals surface area contributed by atoms with Gasteiger partial charge in [-0.25, -0.2) is 4.98 Å². The number of benzene rings is 1. The van der Waals surface area contributed by atoms with Crippen molar-refractivity contribution in [3.05, 3.63) is 48.5 Å². The monoisotopic (exact) mass is 372 g/mol. The second kappa shape index (κ2) is 9.42. The Labute approximate surface area is 159 Å². The molecular formula is C18H24N6OS. The molecular weight excluding hydrogens is 348 g/mol. The number of aromatic nitrogens is 2. The van der Waals surface area contributed by atoms with Crippen molar-refractivity contribution in [2.75, 3.05) is 39.4 Å². The number of hydrogen-bond acceptors (Lipinski definition) is 5. The third-order valence-electron chi connectivity index (χ3n) is 4.23. The topological polar surface area (TPSA) is 66.7 Å². The van der Waals surface area contributed by atoms with Crippen LogP contribution in [0, 0.1) is 0 Å². The lowest BCUT2D eigenvalue weighted by molar-refractivity contribution is 0.0389. The van der Waals surface area contributed by atoms with Crippen LogP contribution in [-0.2, 0) is 4.74 Å². The highest BCUT2D eigenvalue weighted by atomic mass is 32.1. The summed E-state index contributed by atoms with van der Waals surface area (Å²) in [6.07, 6.45) is 5.45. The maximum absolute atomic E-state index is 5.34. The average molecular weight is 372 g/mol. The molecule has 1 aliphatic heterocycles. The highest BCUT2D eigenvalue weighted by Crippen LogP contribution is 2.10. The van der Waals surface area contributed by atoms with Gasteiger partial charge in [0.2, 0.25) is 0 Å². The molecule has 1 fully saturated rings. The van der Waals surface area contributed by atoms with Gasteiger partial charge in [0.05, 0.1) is 25.3 Å². The van der Waals surface area contributed by atoms with Gasteiger partial charge in [0.15, 0.2) is 5.11 Å². The fourth-order valence-corrected chi connectivity index (χ4v) is 2.83. The van der Waals surface area contributed by atoms with E-state index in [2.05, 4.69) is 25.7 Å². The molecule has 26 heavy (non-hydrogen) atoms. The molecule has 0 amide bonds. The first-order chi connectivity index (χ1) is 12.7. The SMILES string of the molecule is C/C(=N\NC(=S)NCCN1CCOCC1)c1ccc(-n2ccnc2)cc1. The van der Waals surface area contributed by atoms with Crippen LogP contribution in [0.3, 0.4) is 0 Å². The van der Waals surface area contributed by atoms with Gasteiger partial charge in [0, 0.05) is 44.3 Å². The van der Waals surface area contributed by atoms with E-state index in [-0.39, 0.29) is 0 Å². The van der Waals surface area contributed by atoms with Gasteiger partial charge in [-0.3, -0.25) is 10.3 Å². The van der Waals surface area contributed by atoms with E-state index in [1.807, 2.05) is 42.0 Å². The first-order valence-corrected chi connectivity index (χ1v) is 9.10. The zero-order valence-electron chi connectivity index (χ0n) is 14.9. The summed E-state index contributed by atoms with van der Waals surface area (Å²) in [4.78, 5) is 6.41. The van der Waals surface area contributed by atoms with Crippen LogP contribution in [0.1, 0.15) is 12.5 Å². The van der Waals surface area contributed by atoms with E-state index in [1.165, 1.54) is 0 Å². The largest absolute Gasteiger partial charge is 0.379 e. The smallest absolute Gasteiger partial charge is 0.187 e. The summed E-state index contributed by atoms with van der Waals surface area (Å²) in [6, 6.07) is 8.14. The Morgan fingerprint density at radius 2 is 2.04 bits per heavy atom. The van der Waals surface area contributed by atoms with Crippen molar-refractivity contribution in [2.45, 2.75) is 6.92 Å². The van der Waals surface area contributed by atoms with E-state index < -0.39 is 0 Å². The first kappa shape index (κ1) is 18.5. The molecule has 2 aromatic rings. The summed E-state index contributed by atoms with van der Waals surface area (Å²) >= 11 is 5.28. The lowest BCUT2D eigenvalue weighted by Gasteiger charge is -2.26. The Morgan fingerprint density at radius 1 is 1.27 bits per heavy atom. The third-order valence-corrected chi connectivity index (χ3v) is 4.47. The van der Waals surface area contributed by atoms with E-state index >= 15 is 0 Å². The molecule has 138 valence electrons. The highest BCUT2D eigenvalue weighted by molar-refractivity contribution is 7.80. The molecule has 8 heteroatoms. The Bertz CT molecular complexity index is 723. The highest BCUT2D eigenvalue weighted by Gasteiger charge is 2.09. The number of rotatable bonds is 6. The van der Waals surface area contributed by atoms with Crippen LogP contribution in [0.25, 0.3) is 5.69 Å². The maximum Gasteiger partial charge on any atom is 0.187 e. The van der Waals surface area contributed by atoms with Crippen molar-refractivity contribution < 1.29 is 4.74 Å². The molecule has 0 unspecified atom stereocenters. The van der Waals surface area contributed by atoms with E-state index in [9.17, 15) is 0 Å². The van der Waals surface area contributed by atoms with Gasteiger partial charge in [-0.1, -0.05) is 12.1 Å². The minimum Gasteiger partial charge on any atom is -0.379 e. The number of hydrazone groups is 1. The molecule has 1 saturated heterocycles. The van der Waals surface area contributed by atoms with Crippen LogP contribution in [-0.4, -0.2) is 64.7 Å². The van der Waals surface area contributed by atoms with E-state index in [4.69, 9.17) is 17.0 Å². The minimum absolute atomic E-state index is 0.535. The molecule has 1 aromatic carbocycles. The second-order valence-electron chi connectivity index (χ2n) is 6.04. The van der Waals surface area contributed by atoms with Crippen molar-refractivity contribution in [3.63, 3.8) is 0 Å². The Balaban J connectivity index is 1.44. The van der Waals surface area contributed by atoms with Gasteiger partial charge >= 0.3 is 0 Å². The molecule has 2 heterocycles. The van der Waals surface area contributed by atoms with Crippen LogP contribution in [0.15, 0.2) is 48.1 Å². The van der Waals surface area contributed by atoms with Crippen LogP contribution in [0.2, 0.25) is 0 Å². The summed E-state index contributed by atoms with van der Waals surface area (Å²) in [5, 5.41) is 8.08. The molecule has 0 aliphatic carbocycles. The number of nitrogens with zero attached hydrogens (tertiary/aromatic N) is 4. The number of morpholine rings is 1. The predicted molar refractivity (Wildman–Crippen MR) is 107 cm³/mol. The predicted octanol–water partition coefficient (Wildman–Crippen LogP) is 1.39. The van der Waals surface area contributed by atoms with Gasteiger partial charge in [-0.05, 0) is 36.8 Å². The molecule has 1 aromatic heterocycles. The normalized spacial score (nSPS) is 15.7. The molecule has 7 nitrogen and oxygen atoms in total. The minimum atomic E-state index is 0.535. The lowest BCUT2D eigenvalue weighted by Crippen LogP contribution is -2.42. The maximum atomic E-state index is 5.34. The quantitative estimate of drug-likeness (QED) is 0.454. The molecule has 3 rings (SSSR count). The number of imidazole rings is 1. The molecule has 0 bridgehead atoms. The third kappa shape index (κ3) is 5.35. The van der Waals surface area contributed by atoms with Gasteiger partial charge in [0.25, 0.3) is 0 Å². The fraction of sp³-hybridized carbons (Fsp3) is 0.389. The zero-order chi connectivity index (χ0) is 18.2. The Hall–Kier alpha value is -2.29. The molecule has 0 saturated carbocycles. The molecule has 0 spiro atoms. The average Bonchev–Trinajstić information content (AvgIpc) is 3.22. The summed E-state index contributed by atoms with van der Waals surface area (Å²) in [7, 11) is 0. The van der Waals surface area contributed by atoms with E-state index in [0.29, 0.717) is 5.11 Å². The molecule has 0 atom stereocenters. The number of thiocarbonyl (C=S) groups is 1. The summed E-state index contributed by atoms with van der Waals surface area (Å²) in [6.45, 7) is 7.28. The van der Waals surface area contributed by atoms with Crippen LogP contribution < -0.4 is 10.7 Å². The number of nitrogens with one attached hydrogen (secondary N) is 2. The summed E-state index contributed by atoms with van der Waals surface area (Å²) < 4.78 is 7.30. The van der Waals surface area contributed by atoms with Crippen molar-refractivity contribution in [2.24, 2.45) is 5.10 Å². The van der Waals surface area contributed by atoms with Gasteiger partial charge in [-0.2, -0.15) is 5.10 Å². The number of hydrogen-bond donors (Lipinski definition) is 2. The Morgan fingerprint density at radius 3 is 2.73 bits per heavy atom. The van der Waals surface area contributed by atoms with Gasteiger partial charge < -0.3 is 14.6 Å². The van der Waals surface area contributed by atoms with E-state index in [1.54, 1.807) is 12.5 Å². The van der Waals surface area contributed by atoms with Crippen LogP contribution >= 0.6 is 12.2 Å². The summed E-state index contributed by atoms with van der Waals surface area (Å²) in [5.74, 6) is 0.